The van der Waals surface area contributed by atoms with Crippen LogP contribution in [0.1, 0.15) is 33.6 Å². The van der Waals surface area contributed by atoms with Gasteiger partial charge in [-0.15, -0.1) is 0 Å². The van der Waals surface area contributed by atoms with Crippen molar-refractivity contribution in [2.24, 2.45) is 0 Å². The fourth-order valence-corrected chi connectivity index (χ4v) is 2.05. The quantitative estimate of drug-likeness (QED) is 0.769. The lowest BCUT2D eigenvalue weighted by atomic mass is 10.0. The number of carboxylic acids is 1. The zero-order valence-corrected chi connectivity index (χ0v) is 9.82. The second-order valence-corrected chi connectivity index (χ2v) is 5.03. The Bertz CT molecular complexity index is 216. The highest BCUT2D eigenvalue weighted by Crippen LogP contribution is 2.22. The Labute approximate surface area is 91.2 Å². The predicted octanol–water partition coefficient (Wildman–Crippen LogP) is 1.35. The zero-order chi connectivity index (χ0) is 11.5. The molecular weight excluding hydrogens is 194 g/mol. The smallest absolute Gasteiger partial charge is 0.304 e. The van der Waals surface area contributed by atoms with E-state index in [-0.39, 0.29) is 12.0 Å². The summed E-state index contributed by atoms with van der Waals surface area (Å²) in [5, 5.41) is 8.71. The van der Waals surface area contributed by atoms with E-state index in [1.54, 1.807) is 0 Å². The Morgan fingerprint density at radius 1 is 1.53 bits per heavy atom. The van der Waals surface area contributed by atoms with Gasteiger partial charge in [0.15, 0.2) is 0 Å². The summed E-state index contributed by atoms with van der Waals surface area (Å²) in [6.07, 6.45) is 1.21. The molecule has 1 aliphatic heterocycles. The van der Waals surface area contributed by atoms with Gasteiger partial charge in [0.1, 0.15) is 0 Å². The highest BCUT2D eigenvalue weighted by molar-refractivity contribution is 5.66. The van der Waals surface area contributed by atoms with Crippen molar-refractivity contribution in [3.05, 3.63) is 0 Å². The molecule has 15 heavy (non-hydrogen) atoms. The second-order valence-electron chi connectivity index (χ2n) is 5.03. The maximum absolute atomic E-state index is 10.6. The first-order chi connectivity index (χ1) is 6.91. The third-order valence-electron chi connectivity index (χ3n) is 2.77. The number of hydrogen-bond acceptors (Lipinski definition) is 3. The van der Waals surface area contributed by atoms with Gasteiger partial charge in [-0.05, 0) is 27.2 Å². The van der Waals surface area contributed by atoms with Crippen molar-refractivity contribution in [2.75, 3.05) is 19.8 Å². The summed E-state index contributed by atoms with van der Waals surface area (Å²) in [6, 6.07) is 0.379. The van der Waals surface area contributed by atoms with Crippen molar-refractivity contribution >= 4 is 5.97 Å². The van der Waals surface area contributed by atoms with Gasteiger partial charge in [0, 0.05) is 24.7 Å². The van der Waals surface area contributed by atoms with Crippen LogP contribution in [0.4, 0.5) is 0 Å². The van der Waals surface area contributed by atoms with E-state index in [0.717, 1.165) is 19.6 Å². The van der Waals surface area contributed by atoms with Crippen LogP contribution < -0.4 is 0 Å². The SMILES string of the molecule is CC(C)(C)N(CCC(=O)O)C1CCOC1. The van der Waals surface area contributed by atoms with Gasteiger partial charge < -0.3 is 9.84 Å². The van der Waals surface area contributed by atoms with Crippen molar-refractivity contribution in [3.63, 3.8) is 0 Å². The van der Waals surface area contributed by atoms with Gasteiger partial charge in [-0.2, -0.15) is 0 Å². The van der Waals surface area contributed by atoms with Crippen LogP contribution in [0.2, 0.25) is 0 Å². The van der Waals surface area contributed by atoms with Gasteiger partial charge >= 0.3 is 5.97 Å². The lowest BCUT2D eigenvalue weighted by molar-refractivity contribution is -0.137. The molecule has 88 valence electrons. The molecule has 0 bridgehead atoms. The van der Waals surface area contributed by atoms with Crippen LogP contribution in [0.25, 0.3) is 0 Å². The number of ether oxygens (including phenoxy) is 1. The van der Waals surface area contributed by atoms with Gasteiger partial charge in [-0.1, -0.05) is 0 Å². The minimum Gasteiger partial charge on any atom is -0.481 e. The lowest BCUT2D eigenvalue weighted by Crippen LogP contribution is -2.49. The van der Waals surface area contributed by atoms with Crippen molar-refractivity contribution in [2.45, 2.75) is 45.2 Å². The molecule has 0 radical (unpaired) electrons. The van der Waals surface area contributed by atoms with Crippen LogP contribution in [0.3, 0.4) is 0 Å². The highest BCUT2D eigenvalue weighted by Gasteiger charge is 2.31. The number of nitrogens with zero attached hydrogens (tertiary/aromatic N) is 1. The molecule has 1 N–H and O–H groups in total. The van der Waals surface area contributed by atoms with Crippen LogP contribution in [-0.2, 0) is 9.53 Å². The number of carbonyl (C=O) groups is 1. The van der Waals surface area contributed by atoms with E-state index in [0.29, 0.717) is 12.6 Å². The summed E-state index contributed by atoms with van der Waals surface area (Å²) in [5.41, 5.74) is 0.00775. The van der Waals surface area contributed by atoms with Crippen molar-refractivity contribution in [1.82, 2.24) is 4.90 Å². The van der Waals surface area contributed by atoms with E-state index in [4.69, 9.17) is 9.84 Å². The van der Waals surface area contributed by atoms with E-state index in [9.17, 15) is 4.79 Å². The molecule has 0 aromatic rings. The average molecular weight is 215 g/mol. The van der Waals surface area contributed by atoms with E-state index in [2.05, 4.69) is 25.7 Å². The van der Waals surface area contributed by atoms with Gasteiger partial charge in [0.2, 0.25) is 0 Å². The molecule has 0 aromatic heterocycles. The molecule has 4 nitrogen and oxygen atoms in total. The summed E-state index contributed by atoms with van der Waals surface area (Å²) >= 11 is 0. The molecule has 0 aliphatic carbocycles. The van der Waals surface area contributed by atoms with Crippen LogP contribution >= 0.6 is 0 Å². The van der Waals surface area contributed by atoms with Crippen LogP contribution in [-0.4, -0.2) is 47.3 Å². The van der Waals surface area contributed by atoms with Gasteiger partial charge in [0.25, 0.3) is 0 Å². The van der Waals surface area contributed by atoms with Crippen LogP contribution in [0, 0.1) is 0 Å². The Balaban J connectivity index is 2.56. The lowest BCUT2D eigenvalue weighted by Gasteiger charge is -2.39. The van der Waals surface area contributed by atoms with Crippen molar-refractivity contribution in [3.8, 4) is 0 Å². The standard InChI is InChI=1S/C11H21NO3/c1-11(2,3)12(6-4-10(13)14)9-5-7-15-8-9/h9H,4-8H2,1-3H3,(H,13,14). The summed E-state index contributed by atoms with van der Waals surface area (Å²) in [5.74, 6) is -0.733. The van der Waals surface area contributed by atoms with E-state index in [1.165, 1.54) is 0 Å². The molecule has 0 spiro atoms. The zero-order valence-electron chi connectivity index (χ0n) is 9.82. The minimum absolute atomic E-state index is 0.00775. The van der Waals surface area contributed by atoms with Crippen molar-refractivity contribution in [1.29, 1.82) is 0 Å². The maximum Gasteiger partial charge on any atom is 0.304 e. The Kier molecular flexibility index (Phi) is 4.11. The molecule has 0 saturated carbocycles. The summed E-state index contributed by atoms with van der Waals surface area (Å²) < 4.78 is 5.35. The molecule has 1 unspecified atom stereocenters. The van der Waals surface area contributed by atoms with E-state index in [1.807, 2.05) is 0 Å². The largest absolute Gasteiger partial charge is 0.481 e. The molecule has 1 rings (SSSR count). The summed E-state index contributed by atoms with van der Waals surface area (Å²) in [7, 11) is 0. The predicted molar refractivity (Wildman–Crippen MR) is 57.9 cm³/mol. The third kappa shape index (κ3) is 3.80. The molecule has 1 fully saturated rings. The fourth-order valence-electron chi connectivity index (χ4n) is 2.05. The average Bonchev–Trinajstić information content (AvgIpc) is 2.54. The molecule has 1 aliphatic rings. The molecule has 0 amide bonds. The van der Waals surface area contributed by atoms with Crippen molar-refractivity contribution < 1.29 is 14.6 Å². The number of rotatable bonds is 4. The van der Waals surface area contributed by atoms with Crippen LogP contribution in [0.15, 0.2) is 0 Å². The van der Waals surface area contributed by atoms with Gasteiger partial charge in [-0.25, -0.2) is 0 Å². The second kappa shape index (κ2) is 4.94. The first-order valence-electron chi connectivity index (χ1n) is 5.47. The van der Waals surface area contributed by atoms with E-state index >= 15 is 0 Å². The molecule has 1 heterocycles. The first-order valence-corrected chi connectivity index (χ1v) is 5.47. The Morgan fingerprint density at radius 3 is 2.60 bits per heavy atom. The maximum atomic E-state index is 10.6. The van der Waals surface area contributed by atoms with E-state index < -0.39 is 5.97 Å². The normalized spacial score (nSPS) is 22.3. The Morgan fingerprint density at radius 2 is 2.20 bits per heavy atom. The van der Waals surface area contributed by atoms with Gasteiger partial charge in [-0.3, -0.25) is 9.69 Å². The third-order valence-corrected chi connectivity index (χ3v) is 2.77. The number of hydrogen-bond donors (Lipinski definition) is 1. The minimum atomic E-state index is -0.733. The van der Waals surface area contributed by atoms with Gasteiger partial charge in [0.05, 0.1) is 13.0 Å². The molecule has 1 atom stereocenters. The number of aliphatic carboxylic acids is 1. The number of carboxylic acid groups (broad SMARTS) is 1. The molecule has 1 saturated heterocycles. The van der Waals surface area contributed by atoms with Crippen LogP contribution in [0.5, 0.6) is 0 Å². The Hall–Kier alpha value is -0.610. The first kappa shape index (κ1) is 12.5. The summed E-state index contributed by atoms with van der Waals surface area (Å²) in [4.78, 5) is 12.8. The fraction of sp³-hybridized carbons (Fsp3) is 0.909. The molecule has 4 heteroatoms. The monoisotopic (exact) mass is 215 g/mol. The topological polar surface area (TPSA) is 49.8 Å². The summed E-state index contributed by atoms with van der Waals surface area (Å²) in [6.45, 7) is 8.49. The molecular formula is C11H21NO3. The molecule has 0 aromatic carbocycles. The highest BCUT2D eigenvalue weighted by atomic mass is 16.5.